The van der Waals surface area contributed by atoms with Gasteiger partial charge in [-0.1, -0.05) is 11.3 Å². The molecular formula is C12H16N4O. The van der Waals surface area contributed by atoms with Crippen molar-refractivity contribution in [2.24, 2.45) is 5.73 Å². The number of hydrogen-bond donors (Lipinski definition) is 1. The summed E-state index contributed by atoms with van der Waals surface area (Å²) in [6.45, 7) is 3.90. The normalized spacial score (nSPS) is 12.5. The van der Waals surface area contributed by atoms with Gasteiger partial charge < -0.3 is 10.5 Å². The number of ether oxygens (including phenoxy) is 1. The van der Waals surface area contributed by atoms with Crippen LogP contribution < -0.4 is 10.5 Å². The number of aryl methyl sites for hydroxylation is 1. The van der Waals surface area contributed by atoms with Crippen LogP contribution in [0.2, 0.25) is 0 Å². The van der Waals surface area contributed by atoms with Gasteiger partial charge in [-0.2, -0.15) is 0 Å². The second kappa shape index (κ2) is 4.55. The first-order valence-corrected chi connectivity index (χ1v) is 5.44. The molecule has 0 radical (unpaired) electrons. The maximum atomic E-state index is 5.76. The Morgan fingerprint density at radius 2 is 2.18 bits per heavy atom. The van der Waals surface area contributed by atoms with Crippen LogP contribution in [0.15, 0.2) is 24.4 Å². The molecule has 1 heterocycles. The molecule has 90 valence electrons. The van der Waals surface area contributed by atoms with Crippen LogP contribution in [-0.2, 0) is 0 Å². The summed E-state index contributed by atoms with van der Waals surface area (Å²) in [6, 6.07) is 5.78. The van der Waals surface area contributed by atoms with E-state index in [9.17, 15) is 0 Å². The lowest BCUT2D eigenvalue weighted by Crippen LogP contribution is -2.05. The second-order valence-electron chi connectivity index (χ2n) is 4.05. The van der Waals surface area contributed by atoms with Crippen molar-refractivity contribution in [2.75, 3.05) is 7.11 Å². The lowest BCUT2D eigenvalue weighted by Gasteiger charge is -2.08. The summed E-state index contributed by atoms with van der Waals surface area (Å²) in [6.07, 6.45) is 1.82. The van der Waals surface area contributed by atoms with E-state index in [1.54, 1.807) is 11.8 Å². The van der Waals surface area contributed by atoms with E-state index in [4.69, 9.17) is 10.5 Å². The third-order valence-electron chi connectivity index (χ3n) is 2.56. The summed E-state index contributed by atoms with van der Waals surface area (Å²) in [5, 5.41) is 8.09. The highest BCUT2D eigenvalue weighted by Crippen LogP contribution is 2.23. The van der Waals surface area contributed by atoms with Crippen molar-refractivity contribution in [2.45, 2.75) is 19.9 Å². The minimum absolute atomic E-state index is 0.125. The number of hydrogen-bond acceptors (Lipinski definition) is 4. The van der Waals surface area contributed by atoms with E-state index >= 15 is 0 Å². The fourth-order valence-electron chi connectivity index (χ4n) is 1.58. The second-order valence-corrected chi connectivity index (χ2v) is 4.05. The molecule has 1 atom stereocenters. The van der Waals surface area contributed by atoms with Crippen LogP contribution in [-0.4, -0.2) is 22.1 Å². The summed E-state index contributed by atoms with van der Waals surface area (Å²) >= 11 is 0. The van der Waals surface area contributed by atoms with Crippen molar-refractivity contribution in [1.82, 2.24) is 15.0 Å². The molecule has 2 aromatic rings. The lowest BCUT2D eigenvalue weighted by molar-refractivity contribution is 0.411. The predicted octanol–water partition coefficient (Wildman–Crippen LogP) is 1.60. The molecule has 0 saturated carbocycles. The monoisotopic (exact) mass is 232 g/mol. The molecule has 5 heteroatoms. The highest BCUT2D eigenvalue weighted by molar-refractivity contribution is 5.48. The number of benzene rings is 1. The molecule has 0 aliphatic carbocycles. The molecule has 0 bridgehead atoms. The Morgan fingerprint density at radius 3 is 2.76 bits per heavy atom. The fourth-order valence-corrected chi connectivity index (χ4v) is 1.58. The standard InChI is InChI=1S/C12H16N4O/c1-8-4-5-12(17-3)11(6-8)16-7-10(9(2)13)14-15-16/h4-7,9H,13H2,1-3H3. The van der Waals surface area contributed by atoms with Crippen LogP contribution in [0.1, 0.15) is 24.2 Å². The molecular weight excluding hydrogens is 216 g/mol. The Morgan fingerprint density at radius 1 is 1.41 bits per heavy atom. The molecule has 17 heavy (non-hydrogen) atoms. The Labute approximate surface area is 100 Å². The highest BCUT2D eigenvalue weighted by Gasteiger charge is 2.10. The number of nitrogens with zero attached hydrogens (tertiary/aromatic N) is 3. The Balaban J connectivity index is 2.47. The first-order chi connectivity index (χ1) is 8.11. The molecule has 2 rings (SSSR count). The van der Waals surface area contributed by atoms with Crippen molar-refractivity contribution in [1.29, 1.82) is 0 Å². The molecule has 5 nitrogen and oxygen atoms in total. The maximum Gasteiger partial charge on any atom is 0.144 e. The zero-order valence-corrected chi connectivity index (χ0v) is 10.2. The average molecular weight is 232 g/mol. The van der Waals surface area contributed by atoms with E-state index in [-0.39, 0.29) is 6.04 Å². The molecule has 1 unspecified atom stereocenters. The van der Waals surface area contributed by atoms with E-state index in [2.05, 4.69) is 10.3 Å². The first-order valence-electron chi connectivity index (χ1n) is 5.44. The largest absolute Gasteiger partial charge is 0.494 e. The Hall–Kier alpha value is -1.88. The van der Waals surface area contributed by atoms with Gasteiger partial charge in [-0.25, -0.2) is 4.68 Å². The summed E-state index contributed by atoms with van der Waals surface area (Å²) in [4.78, 5) is 0. The number of rotatable bonds is 3. The van der Waals surface area contributed by atoms with Gasteiger partial charge in [0.25, 0.3) is 0 Å². The average Bonchev–Trinajstić information content (AvgIpc) is 2.78. The molecule has 1 aromatic carbocycles. The van der Waals surface area contributed by atoms with E-state index in [0.717, 1.165) is 22.7 Å². The third-order valence-corrected chi connectivity index (χ3v) is 2.56. The van der Waals surface area contributed by atoms with Crippen LogP contribution in [0, 0.1) is 6.92 Å². The van der Waals surface area contributed by atoms with Crippen LogP contribution in [0.3, 0.4) is 0 Å². The van der Waals surface area contributed by atoms with Crippen molar-refractivity contribution in [3.63, 3.8) is 0 Å². The number of aromatic nitrogens is 3. The fraction of sp³-hybridized carbons (Fsp3) is 0.333. The molecule has 0 spiro atoms. The topological polar surface area (TPSA) is 66.0 Å². The van der Waals surface area contributed by atoms with Gasteiger partial charge in [-0.3, -0.25) is 0 Å². The van der Waals surface area contributed by atoms with E-state index in [1.807, 2.05) is 38.2 Å². The minimum Gasteiger partial charge on any atom is -0.494 e. The number of nitrogens with two attached hydrogens (primary N) is 1. The van der Waals surface area contributed by atoms with Gasteiger partial charge in [0.05, 0.1) is 19.0 Å². The van der Waals surface area contributed by atoms with Crippen LogP contribution in [0.25, 0.3) is 5.69 Å². The SMILES string of the molecule is COc1ccc(C)cc1-n1cc(C(C)N)nn1. The number of methoxy groups -OCH3 is 1. The minimum atomic E-state index is -0.125. The van der Waals surface area contributed by atoms with Gasteiger partial charge in [0.2, 0.25) is 0 Å². The van der Waals surface area contributed by atoms with E-state index in [1.165, 1.54) is 0 Å². The van der Waals surface area contributed by atoms with E-state index in [0.29, 0.717) is 0 Å². The van der Waals surface area contributed by atoms with Gasteiger partial charge in [0.15, 0.2) is 0 Å². The van der Waals surface area contributed by atoms with Crippen molar-refractivity contribution in [3.05, 3.63) is 35.7 Å². The van der Waals surface area contributed by atoms with Crippen molar-refractivity contribution in [3.8, 4) is 11.4 Å². The van der Waals surface area contributed by atoms with Gasteiger partial charge >= 0.3 is 0 Å². The van der Waals surface area contributed by atoms with Gasteiger partial charge in [0, 0.05) is 6.04 Å². The molecule has 0 fully saturated rings. The molecule has 0 aliphatic heterocycles. The predicted molar refractivity (Wildman–Crippen MR) is 65.3 cm³/mol. The van der Waals surface area contributed by atoms with Crippen molar-refractivity contribution < 1.29 is 4.74 Å². The van der Waals surface area contributed by atoms with Crippen molar-refractivity contribution >= 4 is 0 Å². The molecule has 0 amide bonds. The summed E-state index contributed by atoms with van der Waals surface area (Å²) in [5.74, 6) is 0.761. The smallest absolute Gasteiger partial charge is 0.144 e. The first kappa shape index (κ1) is 11.6. The summed E-state index contributed by atoms with van der Waals surface area (Å²) in [7, 11) is 1.64. The quantitative estimate of drug-likeness (QED) is 0.873. The molecule has 0 aliphatic rings. The van der Waals surface area contributed by atoms with Crippen LogP contribution in [0.4, 0.5) is 0 Å². The van der Waals surface area contributed by atoms with Gasteiger partial charge in [0.1, 0.15) is 11.4 Å². The van der Waals surface area contributed by atoms with Gasteiger partial charge in [-0.15, -0.1) is 5.10 Å². The zero-order chi connectivity index (χ0) is 12.4. The third kappa shape index (κ3) is 2.29. The van der Waals surface area contributed by atoms with E-state index < -0.39 is 0 Å². The molecule has 1 aromatic heterocycles. The highest BCUT2D eigenvalue weighted by atomic mass is 16.5. The van der Waals surface area contributed by atoms with Crippen LogP contribution >= 0.6 is 0 Å². The molecule has 2 N–H and O–H groups in total. The van der Waals surface area contributed by atoms with Crippen LogP contribution in [0.5, 0.6) is 5.75 Å². The molecule has 0 saturated heterocycles. The summed E-state index contributed by atoms with van der Waals surface area (Å²) in [5.41, 5.74) is 8.52. The lowest BCUT2D eigenvalue weighted by atomic mass is 10.2. The summed E-state index contributed by atoms with van der Waals surface area (Å²) < 4.78 is 6.99. The maximum absolute atomic E-state index is 5.76. The Kier molecular flexibility index (Phi) is 3.10. The zero-order valence-electron chi connectivity index (χ0n) is 10.2. The van der Waals surface area contributed by atoms with Gasteiger partial charge in [-0.05, 0) is 31.5 Å². The Bertz CT molecular complexity index is 519.